The first-order chi connectivity index (χ1) is 45.3. The third-order valence-electron chi connectivity index (χ3n) is 18.1. The maximum Gasteiger partial charge on any atom is 0.220 e. The zero-order chi connectivity index (χ0) is 66.4. The Morgan fingerprint density at radius 3 is 1.00 bits per heavy atom. The lowest BCUT2D eigenvalue weighted by Gasteiger charge is -2.40. The molecule has 1 aliphatic rings. The number of unbranched alkanes of at least 4 members (excludes halogenated alkanes) is 40. The van der Waals surface area contributed by atoms with Crippen molar-refractivity contribution in [2.24, 2.45) is 0 Å². The molecule has 1 heterocycles. The minimum absolute atomic E-state index is 0.142. The monoisotopic (exact) mass is 1290 g/mol. The van der Waals surface area contributed by atoms with Crippen LogP contribution in [0.2, 0.25) is 0 Å². The molecule has 0 bridgehead atoms. The summed E-state index contributed by atoms with van der Waals surface area (Å²) >= 11 is 0. The number of carbonyl (C=O) groups is 1. The van der Waals surface area contributed by atoms with E-state index in [1.54, 1.807) is 0 Å². The number of aliphatic hydroxyl groups excluding tert-OH is 5. The van der Waals surface area contributed by atoms with E-state index in [-0.39, 0.29) is 12.5 Å². The van der Waals surface area contributed by atoms with Gasteiger partial charge in [-0.15, -0.1) is 0 Å². The van der Waals surface area contributed by atoms with Crippen molar-refractivity contribution in [1.29, 1.82) is 0 Å². The number of aliphatic hydroxyl groups is 5. The molecular formula is C83H147NO8. The second kappa shape index (κ2) is 70.6. The van der Waals surface area contributed by atoms with Gasteiger partial charge in [-0.25, -0.2) is 0 Å². The molecule has 0 spiro atoms. The Morgan fingerprint density at radius 2 is 0.674 bits per heavy atom. The molecule has 0 saturated carbocycles. The number of carbonyl (C=O) groups excluding carboxylic acids is 1. The molecule has 1 rings (SSSR count). The molecule has 92 heavy (non-hydrogen) atoms. The maximum absolute atomic E-state index is 13.2. The van der Waals surface area contributed by atoms with Crippen LogP contribution >= 0.6 is 0 Å². The second-order valence-electron chi connectivity index (χ2n) is 26.8. The molecule has 7 unspecified atom stereocenters. The predicted molar refractivity (Wildman–Crippen MR) is 396 cm³/mol. The fourth-order valence-corrected chi connectivity index (χ4v) is 12.1. The molecule has 0 aromatic carbocycles. The van der Waals surface area contributed by atoms with Crippen molar-refractivity contribution in [2.45, 2.75) is 397 Å². The Morgan fingerprint density at radius 1 is 0.380 bits per heavy atom. The highest BCUT2D eigenvalue weighted by molar-refractivity contribution is 5.76. The summed E-state index contributed by atoms with van der Waals surface area (Å²) in [7, 11) is 0. The largest absolute Gasteiger partial charge is 0.394 e. The van der Waals surface area contributed by atoms with Crippen molar-refractivity contribution in [3.8, 4) is 0 Å². The lowest BCUT2D eigenvalue weighted by atomic mass is 9.99. The number of allylic oxidation sites excluding steroid dienone is 18. The van der Waals surface area contributed by atoms with Gasteiger partial charge in [-0.05, 0) is 83.5 Å². The molecule has 1 fully saturated rings. The highest BCUT2D eigenvalue weighted by Crippen LogP contribution is 2.24. The van der Waals surface area contributed by atoms with Gasteiger partial charge in [0.15, 0.2) is 6.29 Å². The van der Waals surface area contributed by atoms with E-state index in [1.165, 1.54) is 225 Å². The van der Waals surface area contributed by atoms with Crippen LogP contribution in [-0.2, 0) is 14.3 Å². The standard InChI is InChI=1S/C83H147NO8/c1-3-5-7-9-11-13-15-17-19-21-23-25-27-29-31-33-35-36-37-38-39-40-41-42-43-45-47-49-51-53-55-57-59-61-63-65-67-69-71-73-79(87)84-76(75-91-83-82(90)81(89)80(88)78(74-85)92-83)77(86)72-70-68-66-64-62-60-58-56-54-52-50-48-46-44-34-32-30-28-26-24-22-20-18-16-14-12-10-8-6-4-2/h5,7,11,13,17,19,23,25,29,31,35-36,38-39,41-42,45,47,76-78,80-83,85-86,88-90H,3-4,6,8-10,12,14-16,18,20-22,24,26-28,30,32-34,37,40,43-44,46,48-75H2,1-2H3,(H,84,87)/b7-5-,13-11-,19-17-,25-23-,31-29-,36-35-,39-38-,42-41-,47-45-. The molecule has 0 aliphatic carbocycles. The van der Waals surface area contributed by atoms with E-state index in [9.17, 15) is 30.3 Å². The summed E-state index contributed by atoms with van der Waals surface area (Å²) in [6.07, 6.45) is 97.5. The first-order valence-corrected chi connectivity index (χ1v) is 39.1. The van der Waals surface area contributed by atoms with Gasteiger partial charge in [0.05, 0.1) is 25.4 Å². The van der Waals surface area contributed by atoms with Crippen LogP contribution in [0.3, 0.4) is 0 Å². The van der Waals surface area contributed by atoms with Crippen LogP contribution < -0.4 is 5.32 Å². The summed E-state index contributed by atoms with van der Waals surface area (Å²) in [5, 5.41) is 55.1. The molecule has 0 aromatic heterocycles. The third-order valence-corrected chi connectivity index (χ3v) is 18.1. The number of hydrogen-bond acceptors (Lipinski definition) is 8. The summed E-state index contributed by atoms with van der Waals surface area (Å²) in [5.41, 5.74) is 0. The minimum Gasteiger partial charge on any atom is -0.394 e. The highest BCUT2D eigenvalue weighted by atomic mass is 16.7. The molecule has 0 aromatic rings. The van der Waals surface area contributed by atoms with Crippen LogP contribution in [0.25, 0.3) is 0 Å². The number of hydrogen-bond donors (Lipinski definition) is 6. The van der Waals surface area contributed by atoms with Crippen LogP contribution in [-0.4, -0.2) is 87.5 Å². The first-order valence-electron chi connectivity index (χ1n) is 39.1. The topological polar surface area (TPSA) is 149 Å². The molecule has 1 aliphatic heterocycles. The Labute approximate surface area is 567 Å². The van der Waals surface area contributed by atoms with Crippen molar-refractivity contribution in [3.63, 3.8) is 0 Å². The Balaban J connectivity index is 2.10. The van der Waals surface area contributed by atoms with E-state index < -0.39 is 49.5 Å². The fraction of sp³-hybridized carbons (Fsp3) is 0.771. The van der Waals surface area contributed by atoms with Crippen molar-refractivity contribution in [3.05, 3.63) is 109 Å². The van der Waals surface area contributed by atoms with E-state index in [0.29, 0.717) is 12.8 Å². The molecule has 0 radical (unpaired) electrons. The first kappa shape index (κ1) is 86.9. The molecule has 9 heteroatoms. The van der Waals surface area contributed by atoms with Crippen molar-refractivity contribution in [2.75, 3.05) is 13.2 Å². The van der Waals surface area contributed by atoms with E-state index in [0.717, 1.165) is 103 Å². The third kappa shape index (κ3) is 58.2. The number of amides is 1. The Kier molecular flexibility index (Phi) is 66.7. The van der Waals surface area contributed by atoms with Gasteiger partial charge in [-0.2, -0.15) is 0 Å². The zero-order valence-corrected chi connectivity index (χ0v) is 59.8. The number of rotatable bonds is 68. The van der Waals surface area contributed by atoms with Gasteiger partial charge in [-0.3, -0.25) is 4.79 Å². The smallest absolute Gasteiger partial charge is 0.220 e. The van der Waals surface area contributed by atoms with Gasteiger partial charge < -0.3 is 40.3 Å². The highest BCUT2D eigenvalue weighted by Gasteiger charge is 2.44. The molecule has 1 amide bonds. The van der Waals surface area contributed by atoms with Gasteiger partial charge >= 0.3 is 0 Å². The SMILES string of the molecule is CC/C=C\C/C=C\C/C=C\C/C=C\C/C=C\C/C=C\C/C=C\C/C=C\C/C=C\CCCCCCCCCCCCCC(=O)NC(COC1OC(CO)C(O)C(O)C1O)C(O)CCCCCCCCCCCCCCCCCCCCCCCCCCCCCCCC. The zero-order valence-electron chi connectivity index (χ0n) is 59.8. The molecule has 9 nitrogen and oxygen atoms in total. The maximum atomic E-state index is 13.2. The minimum atomic E-state index is -1.56. The van der Waals surface area contributed by atoms with Crippen LogP contribution in [0.1, 0.15) is 354 Å². The van der Waals surface area contributed by atoms with Crippen molar-refractivity contribution in [1.82, 2.24) is 5.32 Å². The van der Waals surface area contributed by atoms with Crippen LogP contribution in [0.15, 0.2) is 109 Å². The van der Waals surface area contributed by atoms with E-state index >= 15 is 0 Å². The van der Waals surface area contributed by atoms with E-state index in [2.05, 4.69) is 129 Å². The van der Waals surface area contributed by atoms with Crippen molar-refractivity contribution < 1.29 is 39.8 Å². The molecule has 532 valence electrons. The number of nitrogens with one attached hydrogen (secondary N) is 1. The van der Waals surface area contributed by atoms with Gasteiger partial charge in [0, 0.05) is 6.42 Å². The lowest BCUT2D eigenvalue weighted by molar-refractivity contribution is -0.302. The molecule has 6 N–H and O–H groups in total. The number of ether oxygens (including phenoxy) is 2. The van der Waals surface area contributed by atoms with E-state index in [4.69, 9.17) is 9.47 Å². The average Bonchev–Trinajstić information content (AvgIpc) is 1.45. The lowest BCUT2D eigenvalue weighted by Crippen LogP contribution is -2.60. The fourth-order valence-electron chi connectivity index (χ4n) is 12.1. The van der Waals surface area contributed by atoms with E-state index in [1.807, 2.05) is 0 Å². The summed E-state index contributed by atoms with van der Waals surface area (Å²) in [6, 6.07) is -0.730. The predicted octanol–water partition coefficient (Wildman–Crippen LogP) is 22.4. The van der Waals surface area contributed by atoms with Gasteiger partial charge in [0.25, 0.3) is 0 Å². The Hall–Kier alpha value is -3.15. The van der Waals surface area contributed by atoms with Crippen molar-refractivity contribution >= 4 is 5.91 Å². The summed E-state index contributed by atoms with van der Waals surface area (Å²) in [4.78, 5) is 13.2. The molecule has 1 saturated heterocycles. The van der Waals surface area contributed by atoms with Crippen LogP contribution in [0.5, 0.6) is 0 Å². The quantitative estimate of drug-likeness (QED) is 0.0261. The summed E-state index contributed by atoms with van der Waals surface area (Å²) in [6.45, 7) is 3.76. The van der Waals surface area contributed by atoms with Gasteiger partial charge in [-0.1, -0.05) is 374 Å². The van der Waals surface area contributed by atoms with Gasteiger partial charge in [0.1, 0.15) is 24.4 Å². The normalized spacial score (nSPS) is 18.3. The summed E-state index contributed by atoms with van der Waals surface area (Å²) < 4.78 is 11.4. The average molecular weight is 1290 g/mol. The van der Waals surface area contributed by atoms with Gasteiger partial charge in [0.2, 0.25) is 5.91 Å². The van der Waals surface area contributed by atoms with Crippen LogP contribution in [0, 0.1) is 0 Å². The molecule has 7 atom stereocenters. The molecular weight excluding hydrogens is 1140 g/mol. The summed E-state index contributed by atoms with van der Waals surface area (Å²) in [5.74, 6) is -0.146. The van der Waals surface area contributed by atoms with Crippen LogP contribution in [0.4, 0.5) is 0 Å². The Bertz CT molecular complexity index is 1830. The second-order valence-corrected chi connectivity index (χ2v) is 26.8.